The van der Waals surface area contributed by atoms with Gasteiger partial charge in [-0.2, -0.15) is 0 Å². The smallest absolute Gasteiger partial charge is 0.104 e. The van der Waals surface area contributed by atoms with Gasteiger partial charge in [0.15, 0.2) is 0 Å². The zero-order valence-electron chi connectivity index (χ0n) is 7.82. The van der Waals surface area contributed by atoms with E-state index in [0.717, 1.165) is 37.6 Å². The van der Waals surface area contributed by atoms with Gasteiger partial charge in [-0.25, -0.2) is 0 Å². The molecule has 0 aromatic rings. The Morgan fingerprint density at radius 3 is 2.47 bits per heavy atom. The minimum atomic E-state index is 0. The highest BCUT2D eigenvalue weighted by Crippen LogP contribution is 2.43. The minimum Gasteiger partial charge on any atom is -0.378 e. The van der Waals surface area contributed by atoms with Crippen LogP contribution in [0.5, 0.6) is 0 Å². The molecule has 0 radical (unpaired) electrons. The van der Waals surface area contributed by atoms with Crippen LogP contribution in [0.15, 0.2) is 12.2 Å². The Kier molecular flexibility index (Phi) is 4.35. The molecule has 88 valence electrons. The van der Waals surface area contributed by atoms with E-state index in [1.165, 1.54) is 12.8 Å². The summed E-state index contributed by atoms with van der Waals surface area (Å²) in [7, 11) is 0. The lowest BCUT2D eigenvalue weighted by atomic mass is 9.95. The van der Waals surface area contributed by atoms with E-state index in [9.17, 15) is 0 Å². The third kappa shape index (κ3) is 2.82. The van der Waals surface area contributed by atoms with Gasteiger partial charge >= 0.3 is 0 Å². The van der Waals surface area contributed by atoms with E-state index in [0.29, 0.717) is 6.10 Å². The van der Waals surface area contributed by atoms with Gasteiger partial charge in [-0.3, -0.25) is 0 Å². The molecule has 15 heavy (non-hydrogen) atoms. The topological polar surface area (TPSA) is 21.8 Å². The maximum absolute atomic E-state index is 5.64. The quantitative estimate of drug-likeness (QED) is 0.528. The van der Waals surface area contributed by atoms with E-state index < -0.39 is 0 Å². The maximum atomic E-state index is 5.64. The van der Waals surface area contributed by atoms with Crippen molar-refractivity contribution < 1.29 is 9.47 Å². The van der Waals surface area contributed by atoms with Crippen LogP contribution in [-0.2, 0) is 9.47 Å². The summed E-state index contributed by atoms with van der Waals surface area (Å²) < 4.78 is 10.7. The maximum Gasteiger partial charge on any atom is 0.104 e. The zero-order valence-corrected chi connectivity index (χ0v) is 7.82. The van der Waals surface area contributed by atoms with Gasteiger partial charge in [0.25, 0.3) is 0 Å². The third-order valence-electron chi connectivity index (χ3n) is 3.45. The minimum absolute atomic E-state index is 0. The van der Waals surface area contributed by atoms with Crippen LogP contribution in [0, 0.1) is 17.8 Å². The van der Waals surface area contributed by atoms with Crippen LogP contribution < -0.4 is 0 Å². The van der Waals surface area contributed by atoms with Gasteiger partial charge in [0, 0.05) is 0 Å². The molecule has 2 fully saturated rings. The summed E-state index contributed by atoms with van der Waals surface area (Å²) >= 11 is 0. The molecule has 2 bridgehead atoms. The van der Waals surface area contributed by atoms with E-state index in [-0.39, 0.29) is 14.9 Å². The summed E-state index contributed by atoms with van der Waals surface area (Å²) in [5.74, 6) is 2.50. The molecule has 3 rings (SSSR count). The van der Waals surface area contributed by atoms with Gasteiger partial charge in [0.05, 0.1) is 19.8 Å². The molecule has 0 amide bonds. The predicted molar refractivity (Wildman–Crippen MR) is 62.9 cm³/mol. The van der Waals surface area contributed by atoms with E-state index in [4.69, 9.17) is 9.47 Å². The van der Waals surface area contributed by atoms with Crippen LogP contribution in [0.25, 0.3) is 0 Å². The Hall–Kier alpha value is -0.340. The second-order valence-corrected chi connectivity index (χ2v) is 4.53. The largest absolute Gasteiger partial charge is 0.378 e. The van der Waals surface area contributed by atoms with E-state index >= 15 is 0 Å². The molecule has 1 saturated heterocycles. The van der Waals surface area contributed by atoms with Crippen LogP contribution in [0.2, 0.25) is 0 Å². The van der Waals surface area contributed by atoms with E-state index in [2.05, 4.69) is 12.2 Å². The molecular formula is C13H24O2. The fourth-order valence-electron chi connectivity index (χ4n) is 2.60. The first-order valence-electron chi connectivity index (χ1n) is 5.29. The van der Waals surface area contributed by atoms with Gasteiger partial charge in [-0.15, -0.1) is 0 Å². The predicted octanol–water partition coefficient (Wildman–Crippen LogP) is 2.89. The van der Waals surface area contributed by atoms with Crippen molar-refractivity contribution in [3.63, 3.8) is 0 Å². The van der Waals surface area contributed by atoms with Crippen molar-refractivity contribution in [3.8, 4) is 0 Å². The zero-order chi connectivity index (χ0) is 8.67. The Bertz CT molecular complexity index is 221. The molecule has 0 spiro atoms. The fourth-order valence-corrected chi connectivity index (χ4v) is 2.60. The van der Waals surface area contributed by atoms with Crippen LogP contribution >= 0.6 is 0 Å². The van der Waals surface area contributed by atoms with Crippen molar-refractivity contribution in [2.75, 3.05) is 19.8 Å². The Morgan fingerprint density at radius 2 is 1.93 bits per heavy atom. The fraction of sp³-hybridized carbons (Fsp3) is 0.846. The average molecular weight is 212 g/mol. The van der Waals surface area contributed by atoms with Crippen LogP contribution in [-0.4, -0.2) is 25.9 Å². The Balaban J connectivity index is 0.000000562. The molecule has 2 nitrogen and oxygen atoms in total. The molecule has 0 aromatic heterocycles. The summed E-state index contributed by atoms with van der Waals surface area (Å²) in [6, 6.07) is 0. The van der Waals surface area contributed by atoms with Gasteiger partial charge < -0.3 is 9.47 Å². The van der Waals surface area contributed by atoms with Crippen molar-refractivity contribution in [2.45, 2.75) is 33.8 Å². The van der Waals surface area contributed by atoms with E-state index in [1.807, 2.05) is 0 Å². The monoisotopic (exact) mass is 212 g/mol. The lowest BCUT2D eigenvalue weighted by Gasteiger charge is -2.17. The molecule has 3 aliphatic rings. The van der Waals surface area contributed by atoms with Crippen molar-refractivity contribution in [3.05, 3.63) is 12.2 Å². The molecule has 4 atom stereocenters. The van der Waals surface area contributed by atoms with Crippen molar-refractivity contribution >= 4 is 0 Å². The molecular weight excluding hydrogens is 188 g/mol. The SMILES string of the molecule is C.C.C1=CC2CC1CC2COCC1CO1. The first-order chi connectivity index (χ1) is 6.42. The molecule has 0 aromatic carbocycles. The van der Waals surface area contributed by atoms with E-state index in [1.54, 1.807) is 0 Å². The molecule has 1 saturated carbocycles. The number of allylic oxidation sites excluding steroid dienone is 2. The highest BCUT2D eigenvalue weighted by atomic mass is 16.6. The Morgan fingerprint density at radius 1 is 1.13 bits per heavy atom. The number of fused-ring (bicyclic) bond motifs is 2. The number of hydrogen-bond acceptors (Lipinski definition) is 2. The Labute approximate surface area is 93.7 Å². The normalized spacial score (nSPS) is 39.7. The summed E-state index contributed by atoms with van der Waals surface area (Å²) in [6.45, 7) is 2.68. The van der Waals surface area contributed by atoms with Crippen molar-refractivity contribution in [2.24, 2.45) is 17.8 Å². The standard InChI is InChI=1S/C11H16O2.2CH4/c1-2-9-3-8(1)4-10(9)5-12-6-11-7-13-11;;/h1-2,8-11H,3-7H2;2*1H4. The molecule has 1 aliphatic heterocycles. The number of ether oxygens (including phenoxy) is 2. The summed E-state index contributed by atoms with van der Waals surface area (Å²) in [5.41, 5.74) is 0. The van der Waals surface area contributed by atoms with Gasteiger partial charge in [-0.05, 0) is 30.6 Å². The highest BCUT2D eigenvalue weighted by Gasteiger charge is 2.35. The highest BCUT2D eigenvalue weighted by molar-refractivity contribution is 5.09. The van der Waals surface area contributed by atoms with Crippen molar-refractivity contribution in [1.29, 1.82) is 0 Å². The summed E-state index contributed by atoms with van der Waals surface area (Å²) in [4.78, 5) is 0. The molecule has 4 unspecified atom stereocenters. The average Bonchev–Trinajstić information content (AvgIpc) is 2.74. The molecule has 0 N–H and O–H groups in total. The van der Waals surface area contributed by atoms with Crippen molar-refractivity contribution in [1.82, 2.24) is 0 Å². The van der Waals surface area contributed by atoms with Gasteiger partial charge in [0.2, 0.25) is 0 Å². The molecule has 1 heterocycles. The number of hydrogen-bond donors (Lipinski definition) is 0. The van der Waals surface area contributed by atoms with Crippen LogP contribution in [0.1, 0.15) is 27.7 Å². The van der Waals surface area contributed by atoms with Gasteiger partial charge in [-0.1, -0.05) is 27.0 Å². The lowest BCUT2D eigenvalue weighted by molar-refractivity contribution is 0.0784. The second-order valence-electron chi connectivity index (χ2n) is 4.53. The summed E-state index contributed by atoms with van der Waals surface area (Å²) in [6.07, 6.45) is 7.93. The van der Waals surface area contributed by atoms with Crippen LogP contribution in [0.4, 0.5) is 0 Å². The molecule has 2 heteroatoms. The first-order valence-corrected chi connectivity index (χ1v) is 5.29. The lowest BCUT2D eigenvalue weighted by Crippen LogP contribution is -2.16. The number of epoxide rings is 1. The summed E-state index contributed by atoms with van der Waals surface area (Å²) in [5, 5.41) is 0. The third-order valence-corrected chi connectivity index (χ3v) is 3.45. The van der Waals surface area contributed by atoms with Gasteiger partial charge in [0.1, 0.15) is 6.10 Å². The van der Waals surface area contributed by atoms with Crippen LogP contribution in [0.3, 0.4) is 0 Å². The first kappa shape index (κ1) is 12.7. The molecule has 2 aliphatic carbocycles. The number of rotatable bonds is 4. The second kappa shape index (κ2) is 5.13.